The fourth-order valence-corrected chi connectivity index (χ4v) is 2.40. The average Bonchev–Trinajstić information content (AvgIpc) is 3.09. The first-order valence-electron chi connectivity index (χ1n) is 5.47. The second kappa shape index (κ2) is 5.75. The van der Waals surface area contributed by atoms with Crippen LogP contribution in [-0.4, -0.2) is 21.7 Å². The van der Waals surface area contributed by atoms with Crippen molar-refractivity contribution >= 4 is 23.7 Å². The molecule has 8 heteroatoms. The summed E-state index contributed by atoms with van der Waals surface area (Å²) in [6, 6.07) is 0. The Hall–Kier alpha value is -1.02. The smallest absolute Gasteiger partial charge is 0.277 e. The van der Waals surface area contributed by atoms with E-state index in [4.69, 9.17) is 15.0 Å². The van der Waals surface area contributed by atoms with E-state index in [-0.39, 0.29) is 18.5 Å². The summed E-state index contributed by atoms with van der Waals surface area (Å²) < 4.78 is 10.7. The zero-order valence-electron chi connectivity index (χ0n) is 9.54. The Bertz CT molecular complexity index is 509. The van der Waals surface area contributed by atoms with E-state index >= 15 is 0 Å². The maximum Gasteiger partial charge on any atom is 0.277 e. The molecule has 0 saturated carbocycles. The molecule has 0 aliphatic carbocycles. The Labute approximate surface area is 114 Å². The van der Waals surface area contributed by atoms with Gasteiger partial charge in [0.2, 0.25) is 5.82 Å². The van der Waals surface area contributed by atoms with Gasteiger partial charge in [-0.3, -0.25) is 0 Å². The van der Waals surface area contributed by atoms with E-state index in [1.807, 2.05) is 5.38 Å². The number of rotatable bonds is 3. The molecule has 98 valence electrons. The predicted molar refractivity (Wildman–Crippen MR) is 68.5 cm³/mol. The normalized spacial score (nSPS) is 18.8. The minimum atomic E-state index is -0.0277. The molecule has 0 radical (unpaired) electrons. The van der Waals surface area contributed by atoms with Crippen LogP contribution >= 0.6 is 23.7 Å². The monoisotopic (exact) mass is 288 g/mol. The summed E-state index contributed by atoms with van der Waals surface area (Å²) in [6.45, 7) is 1.19. The molecule has 1 aliphatic heterocycles. The van der Waals surface area contributed by atoms with E-state index in [1.165, 1.54) is 11.3 Å². The fourth-order valence-electron chi connectivity index (χ4n) is 1.75. The van der Waals surface area contributed by atoms with E-state index in [2.05, 4.69) is 15.1 Å². The molecule has 18 heavy (non-hydrogen) atoms. The SMILES string of the molecule is Cl.NCc1nc(-c2nc(C3CCCO3)no2)cs1. The van der Waals surface area contributed by atoms with Crippen molar-refractivity contribution in [1.29, 1.82) is 0 Å². The summed E-state index contributed by atoms with van der Waals surface area (Å²) in [4.78, 5) is 8.61. The number of nitrogens with zero attached hydrogens (tertiary/aromatic N) is 3. The van der Waals surface area contributed by atoms with Gasteiger partial charge in [0.1, 0.15) is 16.8 Å². The Balaban J connectivity index is 0.00000120. The van der Waals surface area contributed by atoms with Crippen molar-refractivity contribution in [3.05, 3.63) is 16.2 Å². The first-order valence-corrected chi connectivity index (χ1v) is 6.35. The standard InChI is InChI=1S/C10H12N4O2S.ClH/c11-4-8-12-6(5-17-8)10-13-9(14-16-10)7-2-1-3-15-7;/h5,7H,1-4,11H2;1H. The zero-order valence-corrected chi connectivity index (χ0v) is 11.2. The number of ether oxygens (including phenoxy) is 1. The topological polar surface area (TPSA) is 87.1 Å². The molecule has 2 aromatic rings. The van der Waals surface area contributed by atoms with E-state index in [1.54, 1.807) is 0 Å². The highest BCUT2D eigenvalue weighted by Crippen LogP contribution is 2.28. The molecule has 2 N–H and O–H groups in total. The molecule has 0 amide bonds. The molecule has 0 aromatic carbocycles. The minimum absolute atomic E-state index is 0. The van der Waals surface area contributed by atoms with Crippen molar-refractivity contribution in [1.82, 2.24) is 15.1 Å². The van der Waals surface area contributed by atoms with Crippen LogP contribution in [0.15, 0.2) is 9.90 Å². The predicted octanol–water partition coefficient (Wildman–Crippen LogP) is 1.93. The summed E-state index contributed by atoms with van der Waals surface area (Å²) in [5, 5.41) is 6.66. The molecule has 1 unspecified atom stereocenters. The second-order valence-electron chi connectivity index (χ2n) is 3.79. The maximum absolute atomic E-state index is 5.51. The minimum Gasteiger partial charge on any atom is -0.370 e. The van der Waals surface area contributed by atoms with Gasteiger partial charge in [-0.05, 0) is 12.8 Å². The van der Waals surface area contributed by atoms with Crippen LogP contribution in [0.25, 0.3) is 11.6 Å². The van der Waals surface area contributed by atoms with Crippen molar-refractivity contribution in [3.63, 3.8) is 0 Å². The number of aromatic nitrogens is 3. The van der Waals surface area contributed by atoms with E-state index in [0.29, 0.717) is 24.0 Å². The van der Waals surface area contributed by atoms with Crippen molar-refractivity contribution < 1.29 is 9.26 Å². The number of halogens is 1. The number of hydrogen-bond donors (Lipinski definition) is 1. The van der Waals surface area contributed by atoms with Crippen LogP contribution in [-0.2, 0) is 11.3 Å². The first kappa shape index (κ1) is 13.4. The van der Waals surface area contributed by atoms with Crippen LogP contribution in [0.2, 0.25) is 0 Å². The summed E-state index contributed by atoms with van der Waals surface area (Å²) in [5.74, 6) is 1.05. The van der Waals surface area contributed by atoms with E-state index in [0.717, 1.165) is 24.5 Å². The molecular weight excluding hydrogens is 276 g/mol. The summed E-state index contributed by atoms with van der Waals surface area (Å²) in [6.07, 6.45) is 1.97. The molecule has 1 atom stereocenters. The average molecular weight is 289 g/mol. The zero-order chi connectivity index (χ0) is 11.7. The third kappa shape index (κ3) is 2.54. The van der Waals surface area contributed by atoms with Gasteiger partial charge in [0.05, 0.1) is 0 Å². The summed E-state index contributed by atoms with van der Waals surface area (Å²) in [7, 11) is 0. The molecule has 3 rings (SSSR count). The van der Waals surface area contributed by atoms with Gasteiger partial charge in [-0.1, -0.05) is 5.16 Å². The largest absolute Gasteiger partial charge is 0.370 e. The van der Waals surface area contributed by atoms with Crippen LogP contribution in [0.5, 0.6) is 0 Å². The van der Waals surface area contributed by atoms with E-state index in [9.17, 15) is 0 Å². The molecule has 3 heterocycles. The number of hydrogen-bond acceptors (Lipinski definition) is 7. The van der Waals surface area contributed by atoms with Crippen molar-refractivity contribution in [2.24, 2.45) is 5.73 Å². The Morgan fingerprint density at radius 3 is 3.00 bits per heavy atom. The molecule has 1 aliphatic rings. The van der Waals surface area contributed by atoms with Crippen LogP contribution in [0.3, 0.4) is 0 Å². The van der Waals surface area contributed by atoms with Crippen LogP contribution < -0.4 is 5.73 Å². The summed E-state index contributed by atoms with van der Waals surface area (Å²) in [5.41, 5.74) is 6.19. The lowest BCUT2D eigenvalue weighted by Crippen LogP contribution is -1.98. The quantitative estimate of drug-likeness (QED) is 0.928. The molecule has 0 bridgehead atoms. The molecule has 2 aromatic heterocycles. The number of nitrogens with two attached hydrogens (primary N) is 1. The van der Waals surface area contributed by atoms with E-state index < -0.39 is 0 Å². The lowest BCUT2D eigenvalue weighted by atomic mass is 10.2. The summed E-state index contributed by atoms with van der Waals surface area (Å²) >= 11 is 1.49. The van der Waals surface area contributed by atoms with Gasteiger partial charge >= 0.3 is 0 Å². The van der Waals surface area contributed by atoms with Gasteiger partial charge in [-0.2, -0.15) is 4.98 Å². The third-order valence-electron chi connectivity index (χ3n) is 2.60. The van der Waals surface area contributed by atoms with Gasteiger partial charge in [0.25, 0.3) is 5.89 Å². The molecule has 0 spiro atoms. The van der Waals surface area contributed by atoms with Crippen molar-refractivity contribution in [2.45, 2.75) is 25.5 Å². The van der Waals surface area contributed by atoms with Crippen molar-refractivity contribution in [3.8, 4) is 11.6 Å². The third-order valence-corrected chi connectivity index (χ3v) is 3.48. The van der Waals surface area contributed by atoms with Gasteiger partial charge in [-0.25, -0.2) is 4.98 Å². The Kier molecular flexibility index (Phi) is 4.28. The van der Waals surface area contributed by atoms with Crippen LogP contribution in [0.4, 0.5) is 0 Å². The van der Waals surface area contributed by atoms with Crippen molar-refractivity contribution in [2.75, 3.05) is 6.61 Å². The lowest BCUT2D eigenvalue weighted by molar-refractivity contribution is 0.103. The molecule has 6 nitrogen and oxygen atoms in total. The van der Waals surface area contributed by atoms with Gasteiger partial charge in [0.15, 0.2) is 0 Å². The highest BCUT2D eigenvalue weighted by molar-refractivity contribution is 7.09. The highest BCUT2D eigenvalue weighted by Gasteiger charge is 2.24. The fraction of sp³-hybridized carbons (Fsp3) is 0.500. The second-order valence-corrected chi connectivity index (χ2v) is 4.73. The van der Waals surface area contributed by atoms with Crippen LogP contribution in [0, 0.1) is 0 Å². The van der Waals surface area contributed by atoms with Crippen LogP contribution in [0.1, 0.15) is 29.8 Å². The number of thiazole rings is 1. The van der Waals surface area contributed by atoms with Gasteiger partial charge in [-0.15, -0.1) is 23.7 Å². The lowest BCUT2D eigenvalue weighted by Gasteiger charge is -2.00. The Morgan fingerprint density at radius 1 is 1.44 bits per heavy atom. The van der Waals surface area contributed by atoms with Gasteiger partial charge < -0.3 is 15.0 Å². The Morgan fingerprint density at radius 2 is 2.33 bits per heavy atom. The maximum atomic E-state index is 5.51. The molecule has 1 fully saturated rings. The van der Waals surface area contributed by atoms with Gasteiger partial charge in [0, 0.05) is 18.5 Å². The molecule has 1 saturated heterocycles. The highest BCUT2D eigenvalue weighted by atomic mass is 35.5. The molecular formula is C10H13ClN4O2S. The first-order chi connectivity index (χ1) is 8.36.